The maximum atomic E-state index is 12.2. The Morgan fingerprint density at radius 3 is 3.06 bits per heavy atom. The van der Waals surface area contributed by atoms with Crippen molar-refractivity contribution in [2.45, 2.75) is 31.8 Å². The van der Waals surface area contributed by atoms with E-state index in [1.165, 1.54) is 10.1 Å². The van der Waals surface area contributed by atoms with Crippen LogP contribution in [0.25, 0.3) is 10.1 Å². The Hall–Kier alpha value is -1.19. The minimum Gasteiger partial charge on any atom is -0.370 e. The van der Waals surface area contributed by atoms with Crippen LogP contribution in [-0.4, -0.2) is 18.5 Å². The summed E-state index contributed by atoms with van der Waals surface area (Å²) in [7, 11) is 0. The van der Waals surface area contributed by atoms with Crippen LogP contribution in [0.4, 0.5) is 0 Å². The number of carbonyl (C=O) groups excluding carboxylic acids is 1. The summed E-state index contributed by atoms with van der Waals surface area (Å²) in [6.45, 7) is 0.737. The first kappa shape index (κ1) is 11.9. The lowest BCUT2D eigenvalue weighted by Crippen LogP contribution is -2.29. The number of hydrogen-bond acceptors (Lipinski definition) is 3. The van der Waals surface area contributed by atoms with Gasteiger partial charge >= 0.3 is 0 Å². The Balaban J connectivity index is 1.77. The van der Waals surface area contributed by atoms with Crippen LogP contribution >= 0.6 is 11.3 Å². The summed E-state index contributed by atoms with van der Waals surface area (Å²) in [4.78, 5) is 12.2. The van der Waals surface area contributed by atoms with E-state index in [2.05, 4.69) is 17.5 Å². The minimum absolute atomic E-state index is 0.169. The van der Waals surface area contributed by atoms with Crippen LogP contribution in [0.15, 0.2) is 29.6 Å². The van der Waals surface area contributed by atoms with E-state index in [9.17, 15) is 4.79 Å². The second kappa shape index (κ2) is 5.21. The Morgan fingerprint density at radius 2 is 2.22 bits per heavy atom. The fourth-order valence-corrected chi connectivity index (χ4v) is 3.43. The summed E-state index contributed by atoms with van der Waals surface area (Å²) in [5.41, 5.74) is 1.15. The van der Waals surface area contributed by atoms with Crippen LogP contribution in [0.2, 0.25) is 0 Å². The molecule has 1 aromatic heterocycles. The van der Waals surface area contributed by atoms with Crippen LogP contribution in [0.1, 0.15) is 24.8 Å². The predicted octanol–water partition coefficient (Wildman–Crippen LogP) is 3.58. The summed E-state index contributed by atoms with van der Waals surface area (Å²) in [6, 6.07) is 8.26. The van der Waals surface area contributed by atoms with Gasteiger partial charge in [-0.2, -0.15) is 0 Å². The van der Waals surface area contributed by atoms with Gasteiger partial charge in [0.15, 0.2) is 5.78 Å². The number of ketones is 1. The molecule has 0 N–H and O–H groups in total. The average molecular weight is 260 g/mol. The number of Topliss-reactive ketones (excluding diaryl/α,β-unsaturated/α-hetero) is 1. The molecule has 0 spiro atoms. The maximum Gasteiger partial charge on any atom is 0.165 e. The van der Waals surface area contributed by atoms with E-state index in [0.717, 1.165) is 31.4 Å². The van der Waals surface area contributed by atoms with Crippen LogP contribution in [0.3, 0.4) is 0 Å². The monoisotopic (exact) mass is 260 g/mol. The van der Waals surface area contributed by atoms with Gasteiger partial charge in [-0.05, 0) is 41.7 Å². The summed E-state index contributed by atoms with van der Waals surface area (Å²) >= 11 is 1.71. The lowest BCUT2D eigenvalue weighted by atomic mass is 10.00. The van der Waals surface area contributed by atoms with Crippen molar-refractivity contribution in [2.75, 3.05) is 6.61 Å². The highest BCUT2D eigenvalue weighted by atomic mass is 32.1. The molecule has 18 heavy (non-hydrogen) atoms. The fourth-order valence-electron chi connectivity index (χ4n) is 2.47. The number of thiophene rings is 1. The van der Waals surface area contributed by atoms with Gasteiger partial charge in [-0.3, -0.25) is 4.79 Å². The Labute approximate surface area is 111 Å². The van der Waals surface area contributed by atoms with Crippen molar-refractivity contribution >= 4 is 27.2 Å². The van der Waals surface area contributed by atoms with E-state index >= 15 is 0 Å². The molecule has 1 aliphatic rings. The molecule has 3 heteroatoms. The maximum absolute atomic E-state index is 12.2. The molecule has 0 aliphatic carbocycles. The van der Waals surface area contributed by atoms with Crippen molar-refractivity contribution in [1.82, 2.24) is 0 Å². The van der Waals surface area contributed by atoms with E-state index < -0.39 is 0 Å². The van der Waals surface area contributed by atoms with Gasteiger partial charge in [0.25, 0.3) is 0 Å². The molecule has 2 heterocycles. The highest BCUT2D eigenvalue weighted by Crippen LogP contribution is 2.27. The van der Waals surface area contributed by atoms with Crippen molar-refractivity contribution < 1.29 is 9.53 Å². The first-order chi connectivity index (χ1) is 8.84. The van der Waals surface area contributed by atoms with Crippen molar-refractivity contribution in [1.29, 1.82) is 0 Å². The molecule has 3 rings (SSSR count). The topological polar surface area (TPSA) is 26.3 Å². The normalized spacial score (nSPS) is 20.1. The van der Waals surface area contributed by atoms with E-state index in [1.807, 2.05) is 12.1 Å². The van der Waals surface area contributed by atoms with Gasteiger partial charge < -0.3 is 4.74 Å². The quantitative estimate of drug-likeness (QED) is 0.843. The molecule has 94 valence electrons. The molecular formula is C15H16O2S. The highest BCUT2D eigenvalue weighted by Gasteiger charge is 2.22. The standard InChI is InChI=1S/C15H16O2S/c16-13(14-6-3-4-8-17-14)9-11-10-18-15-7-2-1-5-12(11)15/h1-2,5,7,10,14H,3-4,6,8-9H2. The minimum atomic E-state index is -0.169. The van der Waals surface area contributed by atoms with Gasteiger partial charge in [0.1, 0.15) is 6.10 Å². The van der Waals surface area contributed by atoms with Crippen molar-refractivity contribution in [3.05, 3.63) is 35.2 Å². The van der Waals surface area contributed by atoms with E-state index in [4.69, 9.17) is 4.74 Å². The van der Waals surface area contributed by atoms with Gasteiger partial charge in [0.05, 0.1) is 0 Å². The summed E-state index contributed by atoms with van der Waals surface area (Å²) in [5.74, 6) is 0.234. The Kier molecular flexibility index (Phi) is 3.43. The van der Waals surface area contributed by atoms with E-state index in [-0.39, 0.29) is 11.9 Å². The zero-order valence-electron chi connectivity index (χ0n) is 10.2. The molecule has 0 radical (unpaired) electrons. The highest BCUT2D eigenvalue weighted by molar-refractivity contribution is 7.17. The third-order valence-corrected chi connectivity index (χ3v) is 4.48. The molecule has 1 unspecified atom stereocenters. The molecule has 1 aliphatic heterocycles. The number of benzene rings is 1. The molecule has 1 aromatic carbocycles. The van der Waals surface area contributed by atoms with Crippen molar-refractivity contribution in [3.63, 3.8) is 0 Å². The second-order valence-corrected chi connectivity index (χ2v) is 5.67. The lowest BCUT2D eigenvalue weighted by Gasteiger charge is -2.21. The van der Waals surface area contributed by atoms with E-state index in [1.54, 1.807) is 11.3 Å². The number of ether oxygens (including phenoxy) is 1. The SMILES string of the molecule is O=C(Cc1csc2ccccc12)C1CCCCO1. The fraction of sp³-hybridized carbons (Fsp3) is 0.400. The molecule has 1 fully saturated rings. The molecule has 2 aromatic rings. The summed E-state index contributed by atoms with van der Waals surface area (Å²) in [5, 5.41) is 3.32. The third kappa shape index (κ3) is 2.33. The molecule has 1 atom stereocenters. The number of fused-ring (bicyclic) bond motifs is 1. The summed E-state index contributed by atoms with van der Waals surface area (Å²) in [6.07, 6.45) is 3.43. The first-order valence-corrected chi connectivity index (χ1v) is 7.32. The van der Waals surface area contributed by atoms with Gasteiger partial charge in [0, 0.05) is 17.7 Å². The first-order valence-electron chi connectivity index (χ1n) is 6.44. The third-order valence-electron chi connectivity index (χ3n) is 3.46. The van der Waals surface area contributed by atoms with Gasteiger partial charge in [-0.25, -0.2) is 0 Å². The number of hydrogen-bond donors (Lipinski definition) is 0. The summed E-state index contributed by atoms with van der Waals surface area (Å²) < 4.78 is 6.81. The zero-order chi connectivity index (χ0) is 12.4. The average Bonchev–Trinajstić information content (AvgIpc) is 2.83. The molecule has 0 saturated carbocycles. The van der Waals surface area contributed by atoms with Crippen LogP contribution < -0.4 is 0 Å². The van der Waals surface area contributed by atoms with Crippen LogP contribution in [0.5, 0.6) is 0 Å². The molecular weight excluding hydrogens is 244 g/mol. The van der Waals surface area contributed by atoms with Crippen LogP contribution in [0, 0.1) is 0 Å². The van der Waals surface area contributed by atoms with Crippen LogP contribution in [-0.2, 0) is 16.0 Å². The van der Waals surface area contributed by atoms with Gasteiger partial charge in [-0.1, -0.05) is 18.2 Å². The molecule has 0 amide bonds. The van der Waals surface area contributed by atoms with Gasteiger partial charge in [-0.15, -0.1) is 11.3 Å². The molecule has 1 saturated heterocycles. The smallest absolute Gasteiger partial charge is 0.165 e. The second-order valence-electron chi connectivity index (χ2n) is 4.76. The van der Waals surface area contributed by atoms with Crippen molar-refractivity contribution in [3.8, 4) is 0 Å². The lowest BCUT2D eigenvalue weighted by molar-refractivity contribution is -0.132. The zero-order valence-corrected chi connectivity index (χ0v) is 11.0. The predicted molar refractivity (Wildman–Crippen MR) is 74.1 cm³/mol. The number of carbonyl (C=O) groups is 1. The molecule has 2 nitrogen and oxygen atoms in total. The number of rotatable bonds is 3. The molecule has 0 bridgehead atoms. The Morgan fingerprint density at radius 1 is 1.33 bits per heavy atom. The van der Waals surface area contributed by atoms with E-state index in [0.29, 0.717) is 6.42 Å². The largest absolute Gasteiger partial charge is 0.370 e. The van der Waals surface area contributed by atoms with Gasteiger partial charge in [0.2, 0.25) is 0 Å². The Bertz CT molecular complexity index is 552. The van der Waals surface area contributed by atoms with Crippen molar-refractivity contribution in [2.24, 2.45) is 0 Å².